The van der Waals surface area contributed by atoms with Crippen LogP contribution in [0.5, 0.6) is 5.75 Å². The number of furan rings is 1. The molecule has 0 aliphatic carbocycles. The second-order valence-corrected chi connectivity index (χ2v) is 4.83. The minimum Gasteiger partial charge on any atom is -0.485 e. The van der Waals surface area contributed by atoms with E-state index in [-0.39, 0.29) is 12.2 Å². The largest absolute Gasteiger partial charge is 0.485 e. The maximum Gasteiger partial charge on any atom is 0.339 e. The van der Waals surface area contributed by atoms with Gasteiger partial charge in [0.25, 0.3) is 0 Å². The van der Waals surface area contributed by atoms with Crippen LogP contribution < -0.4 is 4.74 Å². The highest BCUT2D eigenvalue weighted by Crippen LogP contribution is 2.26. The Morgan fingerprint density at radius 2 is 1.90 bits per heavy atom. The summed E-state index contributed by atoms with van der Waals surface area (Å²) < 4.78 is 11.1. The van der Waals surface area contributed by atoms with Crippen LogP contribution in [0.25, 0.3) is 0 Å². The van der Waals surface area contributed by atoms with E-state index < -0.39 is 5.97 Å². The van der Waals surface area contributed by atoms with Gasteiger partial charge in [-0.25, -0.2) is 4.79 Å². The first-order valence-electron chi connectivity index (χ1n) is 6.39. The number of hydrogen-bond acceptors (Lipinski definition) is 4. The van der Waals surface area contributed by atoms with Gasteiger partial charge in [-0.1, -0.05) is 0 Å². The summed E-state index contributed by atoms with van der Waals surface area (Å²) in [7, 11) is 0. The van der Waals surface area contributed by atoms with E-state index in [4.69, 9.17) is 19.5 Å². The van der Waals surface area contributed by atoms with Crippen LogP contribution >= 0.6 is 0 Å². The summed E-state index contributed by atoms with van der Waals surface area (Å²) in [6, 6.07) is 7.05. The molecule has 5 nitrogen and oxygen atoms in total. The zero-order chi connectivity index (χ0) is 15.6. The van der Waals surface area contributed by atoms with Crippen molar-refractivity contribution in [3.8, 4) is 11.8 Å². The van der Waals surface area contributed by atoms with Gasteiger partial charge in [0.2, 0.25) is 0 Å². The molecule has 0 aliphatic heterocycles. The van der Waals surface area contributed by atoms with E-state index in [1.165, 1.54) is 6.07 Å². The predicted molar refractivity (Wildman–Crippen MR) is 75.4 cm³/mol. The highest BCUT2D eigenvalue weighted by atomic mass is 16.5. The molecule has 2 rings (SSSR count). The number of carboxylic acid groups (broad SMARTS) is 1. The minimum atomic E-state index is -1.02. The highest BCUT2D eigenvalue weighted by molar-refractivity contribution is 5.88. The molecule has 1 N–H and O–H groups in total. The second kappa shape index (κ2) is 5.71. The first-order valence-corrected chi connectivity index (χ1v) is 6.39. The summed E-state index contributed by atoms with van der Waals surface area (Å²) in [6.45, 7) is 5.46. The third kappa shape index (κ3) is 3.06. The Balaban J connectivity index is 2.19. The molecule has 1 heterocycles. The zero-order valence-corrected chi connectivity index (χ0v) is 12.1. The predicted octanol–water partition coefficient (Wildman–Crippen LogP) is 3.35. The number of hydrogen-bond donors (Lipinski definition) is 1. The van der Waals surface area contributed by atoms with Gasteiger partial charge in [0, 0.05) is 0 Å². The number of nitriles is 1. The van der Waals surface area contributed by atoms with Crippen molar-refractivity contribution in [1.29, 1.82) is 5.26 Å². The highest BCUT2D eigenvalue weighted by Gasteiger charge is 2.15. The van der Waals surface area contributed by atoms with Crippen LogP contribution in [0.4, 0.5) is 0 Å². The fourth-order valence-corrected chi connectivity index (χ4v) is 2.21. The number of benzene rings is 1. The molecule has 1 aromatic carbocycles. The Morgan fingerprint density at radius 3 is 2.38 bits per heavy atom. The van der Waals surface area contributed by atoms with Crippen molar-refractivity contribution in [2.75, 3.05) is 0 Å². The Labute approximate surface area is 122 Å². The van der Waals surface area contributed by atoms with Gasteiger partial charge in [0.15, 0.2) is 0 Å². The van der Waals surface area contributed by atoms with E-state index in [1.54, 1.807) is 19.1 Å². The van der Waals surface area contributed by atoms with Gasteiger partial charge in [0.1, 0.15) is 29.4 Å². The maximum atomic E-state index is 11.0. The molecule has 108 valence electrons. The number of aryl methyl sites for hydroxylation is 3. The SMILES string of the molecule is Cc1cc(C#N)cc(C)c1OCc1cc(C(=O)O)c(C)o1. The van der Waals surface area contributed by atoms with Crippen molar-refractivity contribution in [3.63, 3.8) is 0 Å². The van der Waals surface area contributed by atoms with Gasteiger partial charge in [-0.15, -0.1) is 0 Å². The van der Waals surface area contributed by atoms with E-state index in [9.17, 15) is 4.79 Å². The molecule has 2 aromatic rings. The summed E-state index contributed by atoms with van der Waals surface area (Å²) in [4.78, 5) is 11.0. The molecule has 5 heteroatoms. The molecule has 0 fully saturated rings. The van der Waals surface area contributed by atoms with Crippen LogP contribution in [0.1, 0.15) is 38.6 Å². The molecular formula is C16H15NO4. The molecule has 0 unspecified atom stereocenters. The average molecular weight is 285 g/mol. The molecular weight excluding hydrogens is 270 g/mol. The summed E-state index contributed by atoms with van der Waals surface area (Å²) >= 11 is 0. The van der Waals surface area contributed by atoms with Gasteiger partial charge < -0.3 is 14.3 Å². The number of rotatable bonds is 4. The summed E-state index contributed by atoms with van der Waals surface area (Å²) in [5.41, 5.74) is 2.43. The molecule has 1 aromatic heterocycles. The minimum absolute atomic E-state index is 0.141. The summed E-state index contributed by atoms with van der Waals surface area (Å²) in [5, 5.41) is 17.9. The monoisotopic (exact) mass is 285 g/mol. The maximum absolute atomic E-state index is 11.0. The smallest absolute Gasteiger partial charge is 0.339 e. The van der Waals surface area contributed by atoms with E-state index in [1.807, 2.05) is 13.8 Å². The Kier molecular flexibility index (Phi) is 3.99. The number of ether oxygens (including phenoxy) is 1. The van der Waals surface area contributed by atoms with Crippen molar-refractivity contribution < 1.29 is 19.1 Å². The van der Waals surface area contributed by atoms with E-state index in [0.717, 1.165) is 11.1 Å². The second-order valence-electron chi connectivity index (χ2n) is 4.83. The Bertz CT molecular complexity index is 714. The molecule has 0 amide bonds. The zero-order valence-electron chi connectivity index (χ0n) is 12.1. The summed E-state index contributed by atoms with van der Waals surface area (Å²) in [5.74, 6) is 0.468. The van der Waals surface area contributed by atoms with Crippen LogP contribution in [-0.4, -0.2) is 11.1 Å². The third-order valence-corrected chi connectivity index (χ3v) is 3.15. The molecule has 0 atom stereocenters. The lowest BCUT2D eigenvalue weighted by Crippen LogP contribution is -1.99. The quantitative estimate of drug-likeness (QED) is 0.931. The van der Waals surface area contributed by atoms with E-state index >= 15 is 0 Å². The number of carbonyl (C=O) groups is 1. The summed E-state index contributed by atoms with van der Waals surface area (Å²) in [6.07, 6.45) is 0. The number of aromatic carboxylic acids is 1. The average Bonchev–Trinajstić information content (AvgIpc) is 2.79. The lowest BCUT2D eigenvalue weighted by Gasteiger charge is -2.11. The van der Waals surface area contributed by atoms with Gasteiger partial charge in [0.05, 0.1) is 11.6 Å². The van der Waals surface area contributed by atoms with Crippen LogP contribution in [0.15, 0.2) is 22.6 Å². The van der Waals surface area contributed by atoms with Crippen molar-refractivity contribution in [2.24, 2.45) is 0 Å². The van der Waals surface area contributed by atoms with Gasteiger partial charge >= 0.3 is 5.97 Å². The van der Waals surface area contributed by atoms with Crippen molar-refractivity contribution in [3.05, 3.63) is 52.0 Å². The topological polar surface area (TPSA) is 83.5 Å². The molecule has 0 saturated carbocycles. The van der Waals surface area contributed by atoms with Crippen LogP contribution in [0.3, 0.4) is 0 Å². The molecule has 0 saturated heterocycles. The number of carboxylic acids is 1. The molecule has 21 heavy (non-hydrogen) atoms. The Hall–Kier alpha value is -2.74. The fourth-order valence-electron chi connectivity index (χ4n) is 2.21. The lowest BCUT2D eigenvalue weighted by molar-refractivity contribution is 0.0695. The van der Waals surface area contributed by atoms with Crippen molar-refractivity contribution in [1.82, 2.24) is 0 Å². The van der Waals surface area contributed by atoms with Crippen molar-refractivity contribution in [2.45, 2.75) is 27.4 Å². The first-order chi connectivity index (χ1) is 9.92. The van der Waals surface area contributed by atoms with Crippen LogP contribution in [0, 0.1) is 32.1 Å². The van der Waals surface area contributed by atoms with Gasteiger partial charge in [-0.05, 0) is 50.1 Å². The van der Waals surface area contributed by atoms with E-state index in [0.29, 0.717) is 22.8 Å². The Morgan fingerprint density at radius 1 is 1.29 bits per heavy atom. The van der Waals surface area contributed by atoms with Crippen molar-refractivity contribution >= 4 is 5.97 Å². The standard InChI is InChI=1S/C16H15NO4/c1-9-4-12(7-17)5-10(2)15(9)20-8-13-6-14(16(18)19)11(3)21-13/h4-6H,8H2,1-3H3,(H,18,19). The third-order valence-electron chi connectivity index (χ3n) is 3.15. The first kappa shape index (κ1) is 14.7. The van der Waals surface area contributed by atoms with Crippen LogP contribution in [-0.2, 0) is 6.61 Å². The van der Waals surface area contributed by atoms with Gasteiger partial charge in [-0.3, -0.25) is 0 Å². The van der Waals surface area contributed by atoms with Gasteiger partial charge in [-0.2, -0.15) is 5.26 Å². The number of nitrogens with zero attached hydrogens (tertiary/aromatic N) is 1. The normalized spacial score (nSPS) is 10.2. The molecule has 0 aliphatic rings. The lowest BCUT2D eigenvalue weighted by atomic mass is 10.1. The molecule has 0 spiro atoms. The van der Waals surface area contributed by atoms with E-state index in [2.05, 4.69) is 6.07 Å². The molecule has 0 radical (unpaired) electrons. The van der Waals surface area contributed by atoms with Crippen LogP contribution in [0.2, 0.25) is 0 Å². The fraction of sp³-hybridized carbons (Fsp3) is 0.250. The molecule has 0 bridgehead atoms.